The van der Waals surface area contributed by atoms with E-state index in [9.17, 15) is 22.4 Å². The lowest BCUT2D eigenvalue weighted by Crippen LogP contribution is -2.46. The Morgan fingerprint density at radius 2 is 1.94 bits per heavy atom. The molecule has 1 amide bonds. The van der Waals surface area contributed by atoms with Gasteiger partial charge in [0.15, 0.2) is 5.65 Å². The number of carbonyl (C=O) groups is 1. The lowest BCUT2D eigenvalue weighted by atomic mass is 10.1. The highest BCUT2D eigenvalue weighted by atomic mass is 32.1. The maximum atomic E-state index is 13.2. The number of nitrogens with one attached hydrogen (secondary N) is 1. The number of rotatable bonds is 6. The van der Waals surface area contributed by atoms with Crippen molar-refractivity contribution >= 4 is 22.9 Å². The van der Waals surface area contributed by atoms with Crippen molar-refractivity contribution in [3.8, 4) is 11.1 Å². The van der Waals surface area contributed by atoms with Crippen LogP contribution in [0.15, 0.2) is 54.3 Å². The molecule has 0 saturated heterocycles. The number of carbonyl (C=O) groups excluding carboxylic acids is 1. The van der Waals surface area contributed by atoms with E-state index in [-0.39, 0.29) is 10.7 Å². The van der Waals surface area contributed by atoms with Crippen LogP contribution in [0.25, 0.3) is 16.8 Å². The molecule has 10 heteroatoms. The molecule has 3 aromatic heterocycles. The number of aromatic nitrogens is 3. The molecule has 1 N–H and O–H groups in total. The van der Waals surface area contributed by atoms with Crippen molar-refractivity contribution in [3.63, 3.8) is 0 Å². The summed E-state index contributed by atoms with van der Waals surface area (Å²) in [5.41, 5.74) is 3.71. The third kappa shape index (κ3) is 4.61. The number of halogens is 4. The molecule has 4 aromatic rings. The van der Waals surface area contributed by atoms with Gasteiger partial charge in [-0.25, -0.2) is 13.9 Å². The van der Waals surface area contributed by atoms with Crippen molar-refractivity contribution in [1.82, 2.24) is 19.9 Å². The van der Waals surface area contributed by atoms with E-state index in [0.29, 0.717) is 36.0 Å². The molecule has 33 heavy (non-hydrogen) atoms. The molecule has 170 valence electrons. The van der Waals surface area contributed by atoms with Gasteiger partial charge in [0.25, 0.3) is 5.91 Å². The molecule has 5 rings (SSSR count). The Hall–Kier alpha value is -3.27. The standard InChI is InChI=1S/C23H18F4N4OS/c24-17-5-1-13(2-6-17)7-14-9-28-21-18(10-29-31(21)11-14)16-8-19(33-12-16)22(32)30-20(15-3-4-15)23(25,26)27/h1-2,5-6,8-12,15,20H,3-4,7H2,(H,30,32)/t20-/m0/s1. The summed E-state index contributed by atoms with van der Waals surface area (Å²) in [4.78, 5) is 17.1. The van der Waals surface area contributed by atoms with Gasteiger partial charge < -0.3 is 5.32 Å². The number of amides is 1. The number of fused-ring (bicyclic) bond motifs is 1. The van der Waals surface area contributed by atoms with E-state index in [1.54, 1.807) is 40.5 Å². The Kier molecular flexibility index (Phi) is 5.40. The van der Waals surface area contributed by atoms with Gasteiger partial charge in [-0.15, -0.1) is 11.3 Å². The highest BCUT2D eigenvalue weighted by molar-refractivity contribution is 7.12. The number of alkyl halides is 3. The molecule has 1 saturated carbocycles. The topological polar surface area (TPSA) is 59.3 Å². The highest BCUT2D eigenvalue weighted by Gasteiger charge is 2.49. The minimum atomic E-state index is -4.46. The Morgan fingerprint density at radius 3 is 2.64 bits per heavy atom. The molecule has 1 aliphatic rings. The zero-order valence-corrected chi connectivity index (χ0v) is 18.0. The van der Waals surface area contributed by atoms with Crippen LogP contribution in [0, 0.1) is 11.7 Å². The van der Waals surface area contributed by atoms with E-state index < -0.39 is 24.0 Å². The molecule has 3 heterocycles. The summed E-state index contributed by atoms with van der Waals surface area (Å²) >= 11 is 1.08. The SMILES string of the molecule is O=C(N[C@@H](C1CC1)C(F)(F)F)c1cc(-c2cnn3cc(Cc4ccc(F)cc4)cnc23)cs1. The maximum absolute atomic E-state index is 13.2. The summed E-state index contributed by atoms with van der Waals surface area (Å²) in [6.07, 6.45) is 2.16. The van der Waals surface area contributed by atoms with Crippen molar-refractivity contribution < 1.29 is 22.4 Å². The molecule has 1 fully saturated rings. The highest BCUT2D eigenvalue weighted by Crippen LogP contribution is 2.40. The fraction of sp³-hybridized carbons (Fsp3) is 0.261. The maximum Gasteiger partial charge on any atom is 0.408 e. The van der Waals surface area contributed by atoms with Crippen molar-refractivity contribution in [3.05, 3.63) is 76.1 Å². The fourth-order valence-electron chi connectivity index (χ4n) is 3.75. The van der Waals surface area contributed by atoms with Gasteiger partial charge in [-0.05, 0) is 59.0 Å². The van der Waals surface area contributed by atoms with Gasteiger partial charge in [-0.1, -0.05) is 12.1 Å². The summed E-state index contributed by atoms with van der Waals surface area (Å²) in [5.74, 6) is -1.57. The van der Waals surface area contributed by atoms with E-state index in [1.807, 2.05) is 6.20 Å². The first-order valence-corrected chi connectivity index (χ1v) is 11.2. The van der Waals surface area contributed by atoms with Gasteiger partial charge in [0, 0.05) is 24.4 Å². The summed E-state index contributed by atoms with van der Waals surface area (Å²) in [6, 6.07) is 5.97. The molecular formula is C23H18F4N4OS. The van der Waals surface area contributed by atoms with Gasteiger partial charge in [0.05, 0.1) is 11.1 Å². The lowest BCUT2D eigenvalue weighted by Gasteiger charge is -2.20. The molecule has 0 aliphatic heterocycles. The number of hydrogen-bond acceptors (Lipinski definition) is 4. The predicted octanol–water partition coefficient (Wildman–Crippen LogP) is 5.26. The minimum absolute atomic E-state index is 0.201. The third-order valence-electron chi connectivity index (χ3n) is 5.60. The van der Waals surface area contributed by atoms with Crippen molar-refractivity contribution in [2.45, 2.75) is 31.5 Å². The monoisotopic (exact) mass is 474 g/mol. The molecule has 0 spiro atoms. The summed E-state index contributed by atoms with van der Waals surface area (Å²) in [6.45, 7) is 0. The molecule has 0 radical (unpaired) electrons. The molecular weight excluding hydrogens is 456 g/mol. The normalized spacial score (nSPS) is 15.0. The molecule has 1 atom stereocenters. The number of hydrogen-bond donors (Lipinski definition) is 1. The van der Waals surface area contributed by atoms with Gasteiger partial charge in [0.2, 0.25) is 0 Å². The second-order valence-electron chi connectivity index (χ2n) is 8.12. The van der Waals surface area contributed by atoms with E-state index in [4.69, 9.17) is 0 Å². The molecule has 5 nitrogen and oxygen atoms in total. The van der Waals surface area contributed by atoms with Crippen LogP contribution in [0.2, 0.25) is 0 Å². The van der Waals surface area contributed by atoms with E-state index in [1.165, 1.54) is 12.1 Å². The van der Waals surface area contributed by atoms with E-state index in [2.05, 4.69) is 15.4 Å². The summed E-state index contributed by atoms with van der Waals surface area (Å²) in [7, 11) is 0. The quantitative estimate of drug-likeness (QED) is 0.388. The Bertz CT molecular complexity index is 1310. The first-order chi connectivity index (χ1) is 15.8. The predicted molar refractivity (Wildman–Crippen MR) is 116 cm³/mol. The fourth-order valence-corrected chi connectivity index (χ4v) is 4.56. The van der Waals surface area contributed by atoms with Gasteiger partial charge >= 0.3 is 6.18 Å². The van der Waals surface area contributed by atoms with Crippen LogP contribution in [0.5, 0.6) is 0 Å². The zero-order chi connectivity index (χ0) is 23.2. The molecule has 1 aromatic carbocycles. The average Bonchev–Trinajstić information content (AvgIpc) is 3.32. The smallest absolute Gasteiger partial charge is 0.339 e. The van der Waals surface area contributed by atoms with Crippen LogP contribution < -0.4 is 5.32 Å². The largest absolute Gasteiger partial charge is 0.408 e. The Balaban J connectivity index is 1.34. The Labute approximate surface area is 190 Å². The van der Waals surface area contributed by atoms with Crippen LogP contribution >= 0.6 is 11.3 Å². The van der Waals surface area contributed by atoms with E-state index in [0.717, 1.165) is 22.5 Å². The van der Waals surface area contributed by atoms with Crippen molar-refractivity contribution in [2.75, 3.05) is 0 Å². The average molecular weight is 474 g/mol. The molecule has 0 unspecified atom stereocenters. The number of benzene rings is 1. The second-order valence-corrected chi connectivity index (χ2v) is 9.03. The van der Waals surface area contributed by atoms with Crippen molar-refractivity contribution in [2.24, 2.45) is 5.92 Å². The first kappa shape index (κ1) is 21.6. The minimum Gasteiger partial charge on any atom is -0.339 e. The number of nitrogens with zero attached hydrogens (tertiary/aromatic N) is 3. The Morgan fingerprint density at radius 1 is 1.18 bits per heavy atom. The van der Waals surface area contributed by atoms with Crippen LogP contribution in [0.3, 0.4) is 0 Å². The summed E-state index contributed by atoms with van der Waals surface area (Å²) in [5, 5.41) is 8.19. The third-order valence-corrected chi connectivity index (χ3v) is 6.53. The van der Waals surface area contributed by atoms with Crippen molar-refractivity contribution in [1.29, 1.82) is 0 Å². The second kappa shape index (κ2) is 8.26. The molecule has 1 aliphatic carbocycles. The van der Waals surface area contributed by atoms with Gasteiger partial charge in [-0.2, -0.15) is 18.3 Å². The number of thiophene rings is 1. The summed E-state index contributed by atoms with van der Waals surface area (Å²) < 4.78 is 54.4. The molecule has 0 bridgehead atoms. The van der Waals surface area contributed by atoms with E-state index >= 15 is 0 Å². The lowest BCUT2D eigenvalue weighted by molar-refractivity contribution is -0.158. The van der Waals surface area contributed by atoms with Gasteiger partial charge in [0.1, 0.15) is 11.9 Å². The first-order valence-electron chi connectivity index (χ1n) is 10.3. The van der Waals surface area contributed by atoms with Crippen LogP contribution in [-0.2, 0) is 6.42 Å². The zero-order valence-electron chi connectivity index (χ0n) is 17.1. The van der Waals surface area contributed by atoms with Crippen LogP contribution in [0.1, 0.15) is 33.6 Å². The van der Waals surface area contributed by atoms with Crippen LogP contribution in [0.4, 0.5) is 17.6 Å². The van der Waals surface area contributed by atoms with Crippen LogP contribution in [-0.4, -0.2) is 32.7 Å². The van der Waals surface area contributed by atoms with Gasteiger partial charge in [-0.3, -0.25) is 4.79 Å².